The molecule has 1 aromatic carbocycles. The van der Waals surface area contributed by atoms with Crippen molar-refractivity contribution in [1.82, 2.24) is 25.3 Å². The molecule has 2 atom stereocenters. The Kier molecular flexibility index (Phi) is 4.39. The van der Waals surface area contributed by atoms with Gasteiger partial charge in [0.1, 0.15) is 5.69 Å². The molecule has 1 fully saturated rings. The number of aromatic nitrogens is 4. The molecule has 8 heteroatoms. The zero-order chi connectivity index (χ0) is 19.0. The molecule has 1 aliphatic heterocycles. The first kappa shape index (κ1) is 17.3. The van der Waals surface area contributed by atoms with Crippen molar-refractivity contribution in [3.8, 4) is 11.3 Å². The van der Waals surface area contributed by atoms with Crippen molar-refractivity contribution in [1.29, 1.82) is 0 Å². The van der Waals surface area contributed by atoms with Gasteiger partial charge in [0, 0.05) is 24.6 Å². The predicted octanol–water partition coefficient (Wildman–Crippen LogP) is 3.02. The number of amides is 1. The number of likely N-dealkylation sites (tertiary alicyclic amines) is 1. The highest BCUT2D eigenvalue weighted by atomic mass is 19.2. The summed E-state index contributed by atoms with van der Waals surface area (Å²) in [5.74, 6) is -1.82. The fourth-order valence-corrected chi connectivity index (χ4v) is 3.50. The molecule has 0 unspecified atom stereocenters. The Morgan fingerprint density at radius 1 is 1.15 bits per heavy atom. The first-order valence-corrected chi connectivity index (χ1v) is 8.59. The molecular formula is C19H17F2N5O. The van der Waals surface area contributed by atoms with E-state index in [0.717, 1.165) is 11.6 Å². The summed E-state index contributed by atoms with van der Waals surface area (Å²) in [4.78, 5) is 14.5. The summed E-state index contributed by atoms with van der Waals surface area (Å²) in [5.41, 5.74) is 2.44. The summed E-state index contributed by atoms with van der Waals surface area (Å²) in [6, 6.07) is 7.36. The van der Waals surface area contributed by atoms with Crippen molar-refractivity contribution >= 4 is 5.91 Å². The molecule has 1 N–H and O–H groups in total. The lowest BCUT2D eigenvalue weighted by Gasteiger charge is -2.16. The lowest BCUT2D eigenvalue weighted by atomic mass is 9.90. The SMILES string of the molecule is C[C@H]1CN(C(=O)c2cc(-c3ccnnc3)n[nH]2)C[C@@H]1c1ccc(F)c(F)c1. The average Bonchev–Trinajstić information content (AvgIpc) is 3.31. The second-order valence-electron chi connectivity index (χ2n) is 6.77. The number of aromatic amines is 1. The summed E-state index contributed by atoms with van der Waals surface area (Å²) in [6.45, 7) is 2.98. The van der Waals surface area contributed by atoms with Crippen molar-refractivity contribution < 1.29 is 13.6 Å². The molecule has 27 heavy (non-hydrogen) atoms. The fraction of sp³-hybridized carbons (Fsp3) is 0.263. The van der Waals surface area contributed by atoms with Gasteiger partial charge in [0.05, 0.1) is 18.1 Å². The van der Waals surface area contributed by atoms with Crippen molar-refractivity contribution in [3.05, 3.63) is 65.6 Å². The lowest BCUT2D eigenvalue weighted by Crippen LogP contribution is -2.29. The summed E-state index contributed by atoms with van der Waals surface area (Å²) in [6.07, 6.45) is 3.13. The molecule has 1 aliphatic rings. The standard InChI is InChI=1S/C19H17F2N5O/c1-11-9-26(10-14(11)12-2-3-15(20)16(21)6-12)19(27)18-7-17(24-25-18)13-4-5-22-23-8-13/h2-8,11,14H,9-10H2,1H3,(H,24,25)/t11-,14-/m0/s1. The second-order valence-corrected chi connectivity index (χ2v) is 6.77. The number of benzene rings is 1. The minimum atomic E-state index is -0.868. The van der Waals surface area contributed by atoms with Crippen LogP contribution in [0.2, 0.25) is 0 Å². The van der Waals surface area contributed by atoms with Crippen molar-refractivity contribution in [2.75, 3.05) is 13.1 Å². The van der Waals surface area contributed by atoms with E-state index in [0.29, 0.717) is 30.0 Å². The lowest BCUT2D eigenvalue weighted by molar-refractivity contribution is 0.0781. The van der Waals surface area contributed by atoms with E-state index in [9.17, 15) is 13.6 Å². The largest absolute Gasteiger partial charge is 0.336 e. The summed E-state index contributed by atoms with van der Waals surface area (Å²) < 4.78 is 26.8. The van der Waals surface area contributed by atoms with Gasteiger partial charge in [-0.05, 0) is 35.7 Å². The number of hydrogen-bond donors (Lipinski definition) is 1. The highest BCUT2D eigenvalue weighted by molar-refractivity contribution is 5.93. The number of carbonyl (C=O) groups excluding carboxylic acids is 1. The van der Waals surface area contributed by atoms with Crippen LogP contribution in [0, 0.1) is 17.6 Å². The maximum absolute atomic E-state index is 13.6. The van der Waals surface area contributed by atoms with Crippen LogP contribution in [0.5, 0.6) is 0 Å². The zero-order valence-electron chi connectivity index (χ0n) is 14.6. The summed E-state index contributed by atoms with van der Waals surface area (Å²) in [7, 11) is 0. The second kappa shape index (κ2) is 6.86. The highest BCUT2D eigenvalue weighted by Crippen LogP contribution is 2.33. The normalized spacial score (nSPS) is 19.4. The Morgan fingerprint density at radius 2 is 2.00 bits per heavy atom. The third-order valence-electron chi connectivity index (χ3n) is 4.96. The number of H-pyrrole nitrogens is 1. The van der Waals surface area contributed by atoms with E-state index in [2.05, 4.69) is 20.4 Å². The first-order chi connectivity index (χ1) is 13.0. The van der Waals surface area contributed by atoms with Crippen LogP contribution < -0.4 is 0 Å². The molecule has 0 bridgehead atoms. The maximum Gasteiger partial charge on any atom is 0.271 e. The molecule has 1 amide bonds. The van der Waals surface area contributed by atoms with Gasteiger partial charge < -0.3 is 4.90 Å². The van der Waals surface area contributed by atoms with E-state index in [1.54, 1.807) is 35.5 Å². The monoisotopic (exact) mass is 369 g/mol. The van der Waals surface area contributed by atoms with Gasteiger partial charge in [-0.2, -0.15) is 15.3 Å². The van der Waals surface area contributed by atoms with Crippen LogP contribution in [0.25, 0.3) is 11.3 Å². The van der Waals surface area contributed by atoms with Crippen LogP contribution in [-0.4, -0.2) is 44.3 Å². The molecule has 0 saturated carbocycles. The smallest absolute Gasteiger partial charge is 0.271 e. The van der Waals surface area contributed by atoms with Crippen LogP contribution in [0.4, 0.5) is 8.78 Å². The van der Waals surface area contributed by atoms with Crippen LogP contribution in [0.1, 0.15) is 28.9 Å². The van der Waals surface area contributed by atoms with Crippen molar-refractivity contribution in [2.45, 2.75) is 12.8 Å². The first-order valence-electron chi connectivity index (χ1n) is 8.59. The van der Waals surface area contributed by atoms with Crippen molar-refractivity contribution in [2.24, 2.45) is 5.92 Å². The van der Waals surface area contributed by atoms with Gasteiger partial charge in [-0.3, -0.25) is 9.89 Å². The van der Waals surface area contributed by atoms with E-state index in [1.165, 1.54) is 6.07 Å². The van der Waals surface area contributed by atoms with E-state index >= 15 is 0 Å². The predicted molar refractivity (Wildman–Crippen MR) is 93.8 cm³/mol. The topological polar surface area (TPSA) is 74.8 Å². The number of hydrogen-bond acceptors (Lipinski definition) is 4. The van der Waals surface area contributed by atoms with Gasteiger partial charge in [0.25, 0.3) is 5.91 Å². The van der Waals surface area contributed by atoms with Gasteiger partial charge in [0.15, 0.2) is 11.6 Å². The van der Waals surface area contributed by atoms with Crippen LogP contribution in [0.3, 0.4) is 0 Å². The zero-order valence-corrected chi connectivity index (χ0v) is 14.6. The highest BCUT2D eigenvalue weighted by Gasteiger charge is 2.34. The molecule has 6 nitrogen and oxygen atoms in total. The Morgan fingerprint density at radius 3 is 2.74 bits per heavy atom. The number of carbonyl (C=O) groups is 1. The molecule has 3 aromatic rings. The number of rotatable bonds is 3. The van der Waals surface area contributed by atoms with E-state index in [4.69, 9.17) is 0 Å². The maximum atomic E-state index is 13.6. The van der Waals surface area contributed by atoms with Gasteiger partial charge in [-0.25, -0.2) is 8.78 Å². The summed E-state index contributed by atoms with van der Waals surface area (Å²) in [5, 5.41) is 14.5. The van der Waals surface area contributed by atoms with E-state index in [-0.39, 0.29) is 17.7 Å². The molecule has 138 valence electrons. The third kappa shape index (κ3) is 3.30. The number of halogens is 2. The quantitative estimate of drug-likeness (QED) is 0.770. The van der Waals surface area contributed by atoms with Crippen LogP contribution >= 0.6 is 0 Å². The van der Waals surface area contributed by atoms with Gasteiger partial charge >= 0.3 is 0 Å². The average molecular weight is 369 g/mol. The Bertz CT molecular complexity index is 975. The molecule has 0 spiro atoms. The Balaban J connectivity index is 1.52. The Labute approximate surface area is 154 Å². The molecule has 1 saturated heterocycles. The van der Waals surface area contributed by atoms with Crippen molar-refractivity contribution in [3.63, 3.8) is 0 Å². The van der Waals surface area contributed by atoms with Gasteiger partial charge in [-0.1, -0.05) is 13.0 Å². The molecule has 0 radical (unpaired) electrons. The van der Waals surface area contributed by atoms with E-state index in [1.807, 2.05) is 6.92 Å². The Hall–Kier alpha value is -3.16. The van der Waals surface area contributed by atoms with Crippen LogP contribution in [0.15, 0.2) is 42.7 Å². The molecule has 4 rings (SSSR count). The number of nitrogens with zero attached hydrogens (tertiary/aromatic N) is 4. The van der Waals surface area contributed by atoms with Gasteiger partial charge in [-0.15, -0.1) is 0 Å². The molecule has 0 aliphatic carbocycles. The van der Waals surface area contributed by atoms with Crippen LogP contribution in [-0.2, 0) is 0 Å². The molecule has 3 heterocycles. The van der Waals surface area contributed by atoms with Gasteiger partial charge in [0.2, 0.25) is 0 Å². The fourth-order valence-electron chi connectivity index (χ4n) is 3.50. The number of nitrogens with one attached hydrogen (secondary N) is 1. The third-order valence-corrected chi connectivity index (χ3v) is 4.96. The molecular weight excluding hydrogens is 352 g/mol. The minimum Gasteiger partial charge on any atom is -0.336 e. The molecule has 2 aromatic heterocycles. The van der Waals surface area contributed by atoms with E-state index < -0.39 is 11.6 Å². The minimum absolute atomic E-state index is 0.0455. The summed E-state index contributed by atoms with van der Waals surface area (Å²) >= 11 is 0.